The summed E-state index contributed by atoms with van der Waals surface area (Å²) < 4.78 is 27.3. The number of rotatable bonds is 6. The molecule has 3 N–H and O–H groups in total. The number of nitrogens with two attached hydrogens (primary N) is 1. The van der Waals surface area contributed by atoms with E-state index in [2.05, 4.69) is 5.32 Å². The van der Waals surface area contributed by atoms with Crippen LogP contribution < -0.4 is 10.5 Å². The first-order valence-corrected chi connectivity index (χ1v) is 9.46. The number of carbonyl (C=O) groups excluding carboxylic acids is 2. The van der Waals surface area contributed by atoms with Crippen LogP contribution in [-0.4, -0.2) is 26.9 Å². The van der Waals surface area contributed by atoms with Gasteiger partial charge < -0.3 is 10.1 Å². The Balaban J connectivity index is 1.73. The van der Waals surface area contributed by atoms with Crippen LogP contribution in [0.2, 0.25) is 0 Å². The van der Waals surface area contributed by atoms with Crippen molar-refractivity contribution in [3.05, 3.63) is 29.8 Å². The van der Waals surface area contributed by atoms with Crippen molar-refractivity contribution in [2.24, 2.45) is 11.1 Å². The van der Waals surface area contributed by atoms with Gasteiger partial charge in [0.1, 0.15) is 0 Å². The molecule has 0 bridgehead atoms. The number of primary sulfonamides is 1. The summed E-state index contributed by atoms with van der Waals surface area (Å²) in [7, 11) is -3.72. The number of sulfonamides is 1. The first-order chi connectivity index (χ1) is 11.4. The van der Waals surface area contributed by atoms with Gasteiger partial charge in [-0.05, 0) is 30.5 Å². The van der Waals surface area contributed by atoms with Gasteiger partial charge in [0.15, 0.2) is 6.61 Å². The van der Waals surface area contributed by atoms with E-state index in [0.29, 0.717) is 5.56 Å². The Morgan fingerprint density at radius 3 is 2.33 bits per heavy atom. The number of hydrogen-bond acceptors (Lipinski definition) is 5. The van der Waals surface area contributed by atoms with Gasteiger partial charge in [-0.15, -0.1) is 0 Å². The first kappa shape index (κ1) is 18.4. The normalized spacial score (nSPS) is 15.7. The van der Waals surface area contributed by atoms with Gasteiger partial charge >= 0.3 is 5.97 Å². The van der Waals surface area contributed by atoms with Gasteiger partial charge in [-0.3, -0.25) is 9.59 Å². The van der Waals surface area contributed by atoms with E-state index in [1.54, 1.807) is 12.1 Å². The van der Waals surface area contributed by atoms with E-state index in [1.165, 1.54) is 12.1 Å². The van der Waals surface area contributed by atoms with E-state index in [9.17, 15) is 18.0 Å². The number of amides is 1. The van der Waals surface area contributed by atoms with E-state index in [-0.39, 0.29) is 29.9 Å². The number of nitrogens with one attached hydrogen (secondary N) is 1. The van der Waals surface area contributed by atoms with Gasteiger partial charge in [0.25, 0.3) is 5.91 Å². The zero-order chi connectivity index (χ0) is 17.6. The summed E-state index contributed by atoms with van der Waals surface area (Å²) >= 11 is 0. The third kappa shape index (κ3) is 5.61. The third-order valence-electron chi connectivity index (χ3n) is 4.03. The number of carbonyl (C=O) groups is 2. The van der Waals surface area contributed by atoms with Gasteiger partial charge in [-0.2, -0.15) is 0 Å². The highest BCUT2D eigenvalue weighted by atomic mass is 32.2. The minimum absolute atomic E-state index is 0.0130. The molecule has 1 amide bonds. The average Bonchev–Trinajstić information content (AvgIpc) is 2.58. The Morgan fingerprint density at radius 1 is 1.12 bits per heavy atom. The zero-order valence-electron chi connectivity index (χ0n) is 13.4. The van der Waals surface area contributed by atoms with Gasteiger partial charge in [0, 0.05) is 6.54 Å². The molecule has 0 spiro atoms. The van der Waals surface area contributed by atoms with Crippen LogP contribution in [0.4, 0.5) is 0 Å². The van der Waals surface area contributed by atoms with Crippen LogP contribution in [0.15, 0.2) is 29.2 Å². The molecule has 24 heavy (non-hydrogen) atoms. The molecule has 1 fully saturated rings. The molecule has 8 heteroatoms. The quantitative estimate of drug-likeness (QED) is 0.742. The fraction of sp³-hybridized carbons (Fsp3) is 0.500. The third-order valence-corrected chi connectivity index (χ3v) is 4.95. The van der Waals surface area contributed by atoms with Crippen LogP contribution in [0.5, 0.6) is 0 Å². The van der Waals surface area contributed by atoms with E-state index in [4.69, 9.17) is 9.88 Å². The minimum atomic E-state index is -3.72. The molecule has 0 aromatic heterocycles. The predicted molar refractivity (Wildman–Crippen MR) is 87.2 cm³/mol. The lowest BCUT2D eigenvalue weighted by Crippen LogP contribution is -2.30. The van der Waals surface area contributed by atoms with Crippen LogP contribution in [0, 0.1) is 5.92 Å². The van der Waals surface area contributed by atoms with Crippen LogP contribution in [0.3, 0.4) is 0 Å². The molecule has 132 valence electrons. The second-order valence-corrected chi connectivity index (χ2v) is 7.47. The lowest BCUT2D eigenvalue weighted by atomic mass is 9.89. The second kappa shape index (κ2) is 8.25. The highest BCUT2D eigenvalue weighted by Crippen LogP contribution is 2.24. The summed E-state index contributed by atoms with van der Waals surface area (Å²) in [6.45, 7) is -0.0880. The average molecular weight is 354 g/mol. The standard InChI is InChI=1S/C16H22N2O5S/c17-24(21,22)14-8-6-12(7-9-14)10-18-15(19)11-23-16(20)13-4-2-1-3-5-13/h6-9,13H,1-5,10-11H2,(H,18,19)(H2,17,21,22). The number of hydrogen-bond donors (Lipinski definition) is 2. The first-order valence-electron chi connectivity index (χ1n) is 7.91. The molecule has 7 nitrogen and oxygen atoms in total. The maximum Gasteiger partial charge on any atom is 0.309 e. The molecule has 2 rings (SSSR count). The molecule has 1 aromatic rings. The lowest BCUT2D eigenvalue weighted by Gasteiger charge is -2.19. The topological polar surface area (TPSA) is 116 Å². The van der Waals surface area contributed by atoms with E-state index in [1.807, 2.05) is 0 Å². The highest BCUT2D eigenvalue weighted by Gasteiger charge is 2.22. The maximum atomic E-state index is 11.8. The van der Waals surface area contributed by atoms with Crippen molar-refractivity contribution in [1.82, 2.24) is 5.32 Å². The molecule has 1 aliphatic carbocycles. The summed E-state index contributed by atoms with van der Waals surface area (Å²) in [4.78, 5) is 23.6. The molecule has 0 saturated heterocycles. The van der Waals surface area contributed by atoms with E-state index < -0.39 is 15.9 Å². The smallest absolute Gasteiger partial charge is 0.309 e. The second-order valence-electron chi connectivity index (χ2n) is 5.91. The number of benzene rings is 1. The summed E-state index contributed by atoms with van der Waals surface area (Å²) in [6.07, 6.45) is 4.86. The summed E-state index contributed by atoms with van der Waals surface area (Å²) in [5.74, 6) is -0.783. The molecule has 0 radical (unpaired) electrons. The Morgan fingerprint density at radius 2 is 1.75 bits per heavy atom. The predicted octanol–water partition coefficient (Wildman–Crippen LogP) is 1.07. The Hall–Kier alpha value is -1.93. The Kier molecular flexibility index (Phi) is 6.33. The molecule has 0 unspecified atom stereocenters. The van der Waals surface area contributed by atoms with Gasteiger partial charge in [-0.1, -0.05) is 31.4 Å². The van der Waals surface area contributed by atoms with Crippen LogP contribution >= 0.6 is 0 Å². The molecule has 1 saturated carbocycles. The lowest BCUT2D eigenvalue weighted by molar-refractivity contribution is -0.153. The van der Waals surface area contributed by atoms with Gasteiger partial charge in [-0.25, -0.2) is 13.6 Å². The van der Waals surface area contributed by atoms with Crippen molar-refractivity contribution in [3.63, 3.8) is 0 Å². The van der Waals surface area contributed by atoms with E-state index in [0.717, 1.165) is 32.1 Å². The molecule has 1 aromatic carbocycles. The fourth-order valence-electron chi connectivity index (χ4n) is 2.64. The molecule has 1 aliphatic rings. The molecule has 0 aliphatic heterocycles. The van der Waals surface area contributed by atoms with Crippen molar-refractivity contribution in [3.8, 4) is 0 Å². The van der Waals surface area contributed by atoms with Crippen molar-refractivity contribution >= 4 is 21.9 Å². The largest absolute Gasteiger partial charge is 0.455 e. The van der Waals surface area contributed by atoms with E-state index >= 15 is 0 Å². The maximum absolute atomic E-state index is 11.8. The summed E-state index contributed by atoms with van der Waals surface area (Å²) in [5.41, 5.74) is 0.717. The van der Waals surface area contributed by atoms with Crippen molar-refractivity contribution < 1.29 is 22.7 Å². The van der Waals surface area contributed by atoms with Crippen molar-refractivity contribution in [1.29, 1.82) is 0 Å². The Labute approximate surface area is 141 Å². The van der Waals surface area contributed by atoms with Crippen molar-refractivity contribution in [2.45, 2.75) is 43.5 Å². The summed E-state index contributed by atoms with van der Waals surface area (Å²) in [5, 5.41) is 7.63. The van der Waals surface area contributed by atoms with Gasteiger partial charge in [0.2, 0.25) is 10.0 Å². The monoisotopic (exact) mass is 354 g/mol. The van der Waals surface area contributed by atoms with Crippen molar-refractivity contribution in [2.75, 3.05) is 6.61 Å². The Bertz CT molecular complexity index is 679. The minimum Gasteiger partial charge on any atom is -0.455 e. The number of ether oxygens (including phenoxy) is 1. The molecule has 0 atom stereocenters. The fourth-order valence-corrected chi connectivity index (χ4v) is 3.16. The zero-order valence-corrected chi connectivity index (χ0v) is 14.2. The molecular formula is C16H22N2O5S. The van der Waals surface area contributed by atoms with Crippen LogP contribution in [-0.2, 0) is 30.9 Å². The summed E-state index contributed by atoms with van der Waals surface area (Å²) in [6, 6.07) is 5.88. The van der Waals surface area contributed by atoms with Crippen LogP contribution in [0.1, 0.15) is 37.7 Å². The molecule has 0 heterocycles. The van der Waals surface area contributed by atoms with Gasteiger partial charge in [0.05, 0.1) is 10.8 Å². The van der Waals surface area contributed by atoms with Crippen LogP contribution in [0.25, 0.3) is 0 Å². The molecular weight excluding hydrogens is 332 g/mol. The number of esters is 1. The highest BCUT2D eigenvalue weighted by molar-refractivity contribution is 7.89. The SMILES string of the molecule is NS(=O)(=O)c1ccc(CNC(=O)COC(=O)C2CCCCC2)cc1.